The van der Waals surface area contributed by atoms with Crippen LogP contribution in [0.4, 0.5) is 14.5 Å². The van der Waals surface area contributed by atoms with Gasteiger partial charge in [-0.3, -0.25) is 0 Å². The summed E-state index contributed by atoms with van der Waals surface area (Å²) in [5.74, 6) is -0.479. The van der Waals surface area contributed by atoms with E-state index < -0.39 is 11.6 Å². The molecule has 3 aromatic carbocycles. The molecule has 134 valence electrons. The number of methoxy groups -OCH3 is 1. The van der Waals surface area contributed by atoms with Crippen LogP contribution in [0.3, 0.4) is 0 Å². The predicted molar refractivity (Wildman–Crippen MR) is 97.5 cm³/mol. The van der Waals surface area contributed by atoms with Crippen molar-refractivity contribution in [3.05, 3.63) is 89.5 Å². The lowest BCUT2D eigenvalue weighted by molar-refractivity contribution is 0.284. The quantitative estimate of drug-likeness (QED) is 0.635. The van der Waals surface area contributed by atoms with Crippen LogP contribution in [0, 0.1) is 11.6 Å². The molecule has 0 amide bonds. The lowest BCUT2D eigenvalue weighted by Crippen LogP contribution is -2.02. The van der Waals surface area contributed by atoms with Gasteiger partial charge in [-0.25, -0.2) is 8.78 Å². The third-order valence-corrected chi connectivity index (χ3v) is 3.88. The Labute approximate surface area is 151 Å². The molecule has 0 saturated carbocycles. The summed E-state index contributed by atoms with van der Waals surface area (Å²) in [5, 5.41) is 3.05. The second-order valence-corrected chi connectivity index (χ2v) is 5.74. The second kappa shape index (κ2) is 8.34. The fourth-order valence-corrected chi connectivity index (χ4v) is 2.49. The highest BCUT2D eigenvalue weighted by Gasteiger charge is 2.07. The van der Waals surface area contributed by atoms with Crippen LogP contribution < -0.4 is 14.8 Å². The van der Waals surface area contributed by atoms with E-state index in [1.54, 1.807) is 7.11 Å². The molecule has 0 heterocycles. The molecule has 26 heavy (non-hydrogen) atoms. The second-order valence-electron chi connectivity index (χ2n) is 5.74. The van der Waals surface area contributed by atoms with Crippen LogP contribution in [0.15, 0.2) is 66.7 Å². The van der Waals surface area contributed by atoms with Crippen LogP contribution >= 0.6 is 0 Å². The summed E-state index contributed by atoms with van der Waals surface area (Å²) in [4.78, 5) is 0. The van der Waals surface area contributed by atoms with Crippen molar-refractivity contribution < 1.29 is 18.3 Å². The van der Waals surface area contributed by atoms with Gasteiger partial charge in [-0.05, 0) is 35.4 Å². The summed E-state index contributed by atoms with van der Waals surface area (Å²) >= 11 is 0. The van der Waals surface area contributed by atoms with E-state index in [1.165, 1.54) is 6.07 Å². The van der Waals surface area contributed by atoms with Gasteiger partial charge in [0, 0.05) is 18.3 Å². The van der Waals surface area contributed by atoms with Crippen molar-refractivity contribution in [1.29, 1.82) is 0 Å². The Morgan fingerprint density at radius 2 is 1.62 bits per heavy atom. The zero-order chi connectivity index (χ0) is 18.4. The maximum atomic E-state index is 13.2. The van der Waals surface area contributed by atoms with Crippen LogP contribution in [0.1, 0.15) is 11.1 Å². The number of halogens is 2. The minimum atomic E-state index is -0.878. The van der Waals surface area contributed by atoms with Crippen molar-refractivity contribution in [2.24, 2.45) is 0 Å². The normalized spacial score (nSPS) is 10.4. The van der Waals surface area contributed by atoms with Crippen molar-refractivity contribution in [2.45, 2.75) is 13.2 Å². The average Bonchev–Trinajstić information content (AvgIpc) is 2.68. The van der Waals surface area contributed by atoms with Gasteiger partial charge in [0.15, 0.2) is 23.1 Å². The van der Waals surface area contributed by atoms with Crippen LogP contribution in [-0.2, 0) is 13.2 Å². The smallest absolute Gasteiger partial charge is 0.161 e. The maximum absolute atomic E-state index is 13.2. The molecular formula is C21H19F2NO2. The summed E-state index contributed by atoms with van der Waals surface area (Å²) in [6, 6.07) is 19.2. The highest BCUT2D eigenvalue weighted by atomic mass is 19.2. The van der Waals surface area contributed by atoms with Crippen molar-refractivity contribution in [3.63, 3.8) is 0 Å². The molecule has 1 N–H and O–H groups in total. The van der Waals surface area contributed by atoms with E-state index in [4.69, 9.17) is 9.47 Å². The lowest BCUT2D eigenvalue weighted by Gasteiger charge is -2.13. The fraction of sp³-hybridized carbons (Fsp3) is 0.143. The minimum absolute atomic E-state index is 0.445. The van der Waals surface area contributed by atoms with Gasteiger partial charge in [-0.2, -0.15) is 0 Å². The number of benzene rings is 3. The molecule has 5 heteroatoms. The molecule has 0 fully saturated rings. The molecule has 3 aromatic rings. The van der Waals surface area contributed by atoms with E-state index in [9.17, 15) is 8.78 Å². The molecule has 0 spiro atoms. The molecule has 0 unspecified atom stereocenters. The average molecular weight is 355 g/mol. The Morgan fingerprint density at radius 3 is 2.35 bits per heavy atom. The van der Waals surface area contributed by atoms with Gasteiger partial charge in [0.25, 0.3) is 0 Å². The molecule has 0 radical (unpaired) electrons. The van der Waals surface area contributed by atoms with Gasteiger partial charge < -0.3 is 14.8 Å². The molecule has 0 aliphatic carbocycles. The molecule has 0 aliphatic heterocycles. The molecule has 0 aromatic heterocycles. The Morgan fingerprint density at radius 1 is 0.808 bits per heavy atom. The van der Waals surface area contributed by atoms with Gasteiger partial charge in [-0.15, -0.1) is 0 Å². The first-order chi connectivity index (χ1) is 12.7. The van der Waals surface area contributed by atoms with Crippen molar-refractivity contribution in [1.82, 2.24) is 0 Å². The standard InChI is InChI=1S/C21H19F2NO2/c1-25-21-11-16(13-24-17-8-9-18(22)19(23)12-17)7-10-20(21)26-14-15-5-3-2-4-6-15/h2-12,24H,13-14H2,1H3. The summed E-state index contributed by atoms with van der Waals surface area (Å²) in [5.41, 5.74) is 2.50. The Hall–Kier alpha value is -3.08. The minimum Gasteiger partial charge on any atom is -0.493 e. The van der Waals surface area contributed by atoms with E-state index >= 15 is 0 Å². The van der Waals surface area contributed by atoms with Gasteiger partial charge >= 0.3 is 0 Å². The summed E-state index contributed by atoms with van der Waals surface area (Å²) in [6.07, 6.45) is 0. The SMILES string of the molecule is COc1cc(CNc2ccc(F)c(F)c2)ccc1OCc1ccccc1. The number of anilines is 1. The van der Waals surface area contributed by atoms with Crippen LogP contribution in [0.5, 0.6) is 11.5 Å². The summed E-state index contributed by atoms with van der Waals surface area (Å²) in [6.45, 7) is 0.893. The summed E-state index contributed by atoms with van der Waals surface area (Å²) < 4.78 is 37.4. The maximum Gasteiger partial charge on any atom is 0.161 e. The monoisotopic (exact) mass is 355 g/mol. The van der Waals surface area contributed by atoms with E-state index in [2.05, 4.69) is 5.32 Å². The van der Waals surface area contributed by atoms with E-state index in [0.717, 1.165) is 23.3 Å². The number of rotatable bonds is 7. The molecule has 0 atom stereocenters. The topological polar surface area (TPSA) is 30.5 Å². The van der Waals surface area contributed by atoms with Gasteiger partial charge in [0.05, 0.1) is 7.11 Å². The van der Waals surface area contributed by atoms with E-state index in [0.29, 0.717) is 30.3 Å². The fourth-order valence-electron chi connectivity index (χ4n) is 2.49. The lowest BCUT2D eigenvalue weighted by atomic mass is 10.2. The molecule has 0 aliphatic rings. The Kier molecular flexibility index (Phi) is 5.69. The molecular weight excluding hydrogens is 336 g/mol. The van der Waals surface area contributed by atoms with E-state index in [-0.39, 0.29) is 0 Å². The van der Waals surface area contributed by atoms with Crippen LogP contribution in [-0.4, -0.2) is 7.11 Å². The zero-order valence-electron chi connectivity index (χ0n) is 14.3. The number of hydrogen-bond donors (Lipinski definition) is 1. The first-order valence-electron chi connectivity index (χ1n) is 8.18. The Balaban J connectivity index is 1.65. The predicted octanol–water partition coefficient (Wildman–Crippen LogP) is 5.16. The van der Waals surface area contributed by atoms with Gasteiger partial charge in [0.2, 0.25) is 0 Å². The van der Waals surface area contributed by atoms with Gasteiger partial charge in [-0.1, -0.05) is 36.4 Å². The first kappa shape index (κ1) is 17.7. The first-order valence-corrected chi connectivity index (χ1v) is 8.18. The van der Waals surface area contributed by atoms with Crippen molar-refractivity contribution >= 4 is 5.69 Å². The molecule has 3 nitrogen and oxygen atoms in total. The highest BCUT2D eigenvalue weighted by molar-refractivity contribution is 5.47. The van der Waals surface area contributed by atoms with E-state index in [1.807, 2.05) is 48.5 Å². The largest absolute Gasteiger partial charge is 0.493 e. The zero-order valence-corrected chi connectivity index (χ0v) is 14.3. The number of ether oxygens (including phenoxy) is 2. The van der Waals surface area contributed by atoms with Gasteiger partial charge in [0.1, 0.15) is 6.61 Å². The number of nitrogens with one attached hydrogen (secondary N) is 1. The molecule has 3 rings (SSSR count). The molecule has 0 bridgehead atoms. The summed E-state index contributed by atoms with van der Waals surface area (Å²) in [7, 11) is 1.58. The molecule has 0 saturated heterocycles. The third-order valence-electron chi connectivity index (χ3n) is 3.88. The third kappa shape index (κ3) is 4.51. The Bertz CT molecular complexity index is 869. The highest BCUT2D eigenvalue weighted by Crippen LogP contribution is 2.29. The van der Waals surface area contributed by atoms with Crippen LogP contribution in [0.25, 0.3) is 0 Å². The van der Waals surface area contributed by atoms with Crippen LogP contribution in [0.2, 0.25) is 0 Å². The van der Waals surface area contributed by atoms with Crippen molar-refractivity contribution in [3.8, 4) is 11.5 Å². The van der Waals surface area contributed by atoms with Crippen molar-refractivity contribution in [2.75, 3.05) is 12.4 Å². The number of hydrogen-bond acceptors (Lipinski definition) is 3.